The second-order valence-corrected chi connectivity index (χ2v) is 5.68. The lowest BCUT2D eigenvalue weighted by Gasteiger charge is -2.12. The number of aryl methyl sites for hydroxylation is 1. The molecular weight excluding hydrogens is 334 g/mol. The lowest BCUT2D eigenvalue weighted by Crippen LogP contribution is -2.20. The van der Waals surface area contributed by atoms with Crippen molar-refractivity contribution in [1.29, 1.82) is 0 Å². The standard InChI is InChI=1S/C18H19N5O3/c1-12-5-4-6-16(13(12)2)26-10-18(24)20-14-7-8-17(25-3)15(9-14)23-11-19-21-22-23/h4-9,11H,10H2,1-3H3,(H,20,24). The highest BCUT2D eigenvalue weighted by Crippen LogP contribution is 2.25. The molecule has 0 saturated carbocycles. The summed E-state index contributed by atoms with van der Waals surface area (Å²) < 4.78 is 12.4. The van der Waals surface area contributed by atoms with Gasteiger partial charge in [-0.2, -0.15) is 4.68 Å². The van der Waals surface area contributed by atoms with Gasteiger partial charge in [-0.05, 0) is 59.7 Å². The Hall–Kier alpha value is -3.42. The largest absolute Gasteiger partial charge is 0.494 e. The first-order chi connectivity index (χ1) is 12.6. The number of anilines is 1. The average Bonchev–Trinajstić information content (AvgIpc) is 3.17. The first-order valence-corrected chi connectivity index (χ1v) is 7.98. The van der Waals surface area contributed by atoms with Crippen LogP contribution < -0.4 is 14.8 Å². The lowest BCUT2D eigenvalue weighted by atomic mass is 10.1. The van der Waals surface area contributed by atoms with E-state index in [0.29, 0.717) is 22.9 Å². The van der Waals surface area contributed by atoms with Crippen LogP contribution in [0.15, 0.2) is 42.7 Å². The summed E-state index contributed by atoms with van der Waals surface area (Å²) in [5.74, 6) is 1.02. The van der Waals surface area contributed by atoms with Gasteiger partial charge in [-0.1, -0.05) is 12.1 Å². The number of methoxy groups -OCH3 is 1. The molecule has 8 nitrogen and oxygen atoms in total. The number of hydrogen-bond acceptors (Lipinski definition) is 6. The van der Waals surface area contributed by atoms with E-state index in [4.69, 9.17) is 9.47 Å². The molecule has 0 unspecified atom stereocenters. The molecule has 1 heterocycles. The third kappa shape index (κ3) is 3.80. The van der Waals surface area contributed by atoms with Crippen LogP contribution in [0.5, 0.6) is 11.5 Å². The van der Waals surface area contributed by atoms with Crippen LogP contribution in [-0.2, 0) is 4.79 Å². The zero-order valence-corrected chi connectivity index (χ0v) is 14.8. The summed E-state index contributed by atoms with van der Waals surface area (Å²) in [4.78, 5) is 12.2. The van der Waals surface area contributed by atoms with Crippen molar-refractivity contribution in [3.8, 4) is 17.2 Å². The van der Waals surface area contributed by atoms with Gasteiger partial charge in [-0.25, -0.2) is 0 Å². The summed E-state index contributed by atoms with van der Waals surface area (Å²) in [5.41, 5.74) is 3.34. The quantitative estimate of drug-likeness (QED) is 0.731. The van der Waals surface area contributed by atoms with Crippen LogP contribution in [0.3, 0.4) is 0 Å². The van der Waals surface area contributed by atoms with E-state index in [-0.39, 0.29) is 12.5 Å². The molecule has 0 radical (unpaired) electrons. The van der Waals surface area contributed by atoms with E-state index in [1.54, 1.807) is 25.3 Å². The normalized spacial score (nSPS) is 10.4. The van der Waals surface area contributed by atoms with E-state index in [0.717, 1.165) is 11.1 Å². The van der Waals surface area contributed by atoms with E-state index in [9.17, 15) is 4.79 Å². The van der Waals surface area contributed by atoms with Gasteiger partial charge in [0.25, 0.3) is 5.91 Å². The van der Waals surface area contributed by atoms with Gasteiger partial charge in [0.05, 0.1) is 7.11 Å². The highest BCUT2D eigenvalue weighted by Gasteiger charge is 2.11. The molecule has 1 amide bonds. The molecule has 0 spiro atoms. The third-order valence-electron chi connectivity index (χ3n) is 3.97. The second kappa shape index (κ2) is 7.64. The number of nitrogens with one attached hydrogen (secondary N) is 1. The van der Waals surface area contributed by atoms with E-state index < -0.39 is 0 Å². The minimum Gasteiger partial charge on any atom is -0.494 e. The number of ether oxygens (including phenoxy) is 2. The van der Waals surface area contributed by atoms with Gasteiger partial charge in [0.2, 0.25) is 0 Å². The van der Waals surface area contributed by atoms with Gasteiger partial charge < -0.3 is 14.8 Å². The van der Waals surface area contributed by atoms with Gasteiger partial charge in [0, 0.05) is 5.69 Å². The van der Waals surface area contributed by atoms with Crippen LogP contribution in [0.4, 0.5) is 5.69 Å². The summed E-state index contributed by atoms with van der Waals surface area (Å²) in [6.45, 7) is 3.88. The minimum atomic E-state index is -0.265. The zero-order chi connectivity index (χ0) is 18.5. The van der Waals surface area contributed by atoms with Gasteiger partial charge in [-0.15, -0.1) is 5.10 Å². The maximum atomic E-state index is 12.2. The van der Waals surface area contributed by atoms with Crippen molar-refractivity contribution in [2.75, 3.05) is 19.0 Å². The molecule has 0 aliphatic heterocycles. The molecule has 3 aromatic rings. The molecule has 3 rings (SSSR count). The summed E-state index contributed by atoms with van der Waals surface area (Å²) in [7, 11) is 1.56. The molecule has 8 heteroatoms. The molecule has 1 aromatic heterocycles. The van der Waals surface area contributed by atoms with Crippen molar-refractivity contribution in [2.24, 2.45) is 0 Å². The molecule has 26 heavy (non-hydrogen) atoms. The zero-order valence-electron chi connectivity index (χ0n) is 14.8. The SMILES string of the molecule is COc1ccc(NC(=O)COc2cccc(C)c2C)cc1-n1cnnn1. The smallest absolute Gasteiger partial charge is 0.262 e. The van der Waals surface area contributed by atoms with Gasteiger partial charge in [0.15, 0.2) is 6.61 Å². The Labute approximate surface area is 150 Å². The van der Waals surface area contributed by atoms with Gasteiger partial charge in [0.1, 0.15) is 23.5 Å². The number of carbonyl (C=O) groups is 1. The lowest BCUT2D eigenvalue weighted by molar-refractivity contribution is -0.118. The number of benzene rings is 2. The Bertz CT molecular complexity index is 909. The number of amides is 1. The summed E-state index contributed by atoms with van der Waals surface area (Å²) >= 11 is 0. The van der Waals surface area contributed by atoms with E-state index in [1.165, 1.54) is 11.0 Å². The van der Waals surface area contributed by atoms with Crippen molar-refractivity contribution in [1.82, 2.24) is 20.2 Å². The molecule has 0 bridgehead atoms. The Morgan fingerprint density at radius 3 is 2.77 bits per heavy atom. The Kier molecular flexibility index (Phi) is 5.12. The third-order valence-corrected chi connectivity index (χ3v) is 3.97. The molecule has 0 atom stereocenters. The van der Waals surface area contributed by atoms with Crippen LogP contribution in [0.1, 0.15) is 11.1 Å². The molecule has 2 aromatic carbocycles. The van der Waals surface area contributed by atoms with Gasteiger partial charge >= 0.3 is 0 Å². The maximum absolute atomic E-state index is 12.2. The van der Waals surface area contributed by atoms with Gasteiger partial charge in [-0.3, -0.25) is 4.79 Å². The number of rotatable bonds is 6. The fourth-order valence-electron chi connectivity index (χ4n) is 2.44. The number of tetrazole rings is 1. The van der Waals surface area contributed by atoms with Crippen molar-refractivity contribution >= 4 is 11.6 Å². The molecular formula is C18H19N5O3. The molecule has 0 aliphatic rings. The van der Waals surface area contributed by atoms with Crippen LogP contribution >= 0.6 is 0 Å². The highest BCUT2D eigenvalue weighted by molar-refractivity contribution is 5.92. The number of nitrogens with zero attached hydrogens (tertiary/aromatic N) is 4. The summed E-state index contributed by atoms with van der Waals surface area (Å²) in [5, 5.41) is 13.9. The maximum Gasteiger partial charge on any atom is 0.262 e. The van der Waals surface area contributed by atoms with Crippen LogP contribution in [0.2, 0.25) is 0 Å². The van der Waals surface area contributed by atoms with Crippen LogP contribution in [-0.4, -0.2) is 39.8 Å². The highest BCUT2D eigenvalue weighted by atomic mass is 16.5. The van der Waals surface area contributed by atoms with E-state index in [2.05, 4.69) is 20.8 Å². The Balaban J connectivity index is 1.69. The molecule has 0 aliphatic carbocycles. The van der Waals surface area contributed by atoms with Crippen LogP contribution in [0, 0.1) is 13.8 Å². The molecule has 1 N–H and O–H groups in total. The van der Waals surface area contributed by atoms with E-state index >= 15 is 0 Å². The number of carbonyl (C=O) groups excluding carboxylic acids is 1. The van der Waals surface area contributed by atoms with Crippen molar-refractivity contribution in [3.05, 3.63) is 53.9 Å². The van der Waals surface area contributed by atoms with E-state index in [1.807, 2.05) is 32.0 Å². The minimum absolute atomic E-state index is 0.0868. The van der Waals surface area contributed by atoms with Crippen LogP contribution in [0.25, 0.3) is 5.69 Å². The Morgan fingerprint density at radius 1 is 1.19 bits per heavy atom. The van der Waals surface area contributed by atoms with Crippen molar-refractivity contribution < 1.29 is 14.3 Å². The second-order valence-electron chi connectivity index (χ2n) is 5.68. The number of hydrogen-bond donors (Lipinski definition) is 1. The van der Waals surface area contributed by atoms with Crippen molar-refractivity contribution in [2.45, 2.75) is 13.8 Å². The first kappa shape index (κ1) is 17.4. The number of aromatic nitrogens is 4. The molecule has 0 saturated heterocycles. The monoisotopic (exact) mass is 353 g/mol. The fraction of sp³-hybridized carbons (Fsp3) is 0.222. The summed E-state index contributed by atoms with van der Waals surface area (Å²) in [6.07, 6.45) is 1.45. The molecule has 134 valence electrons. The topological polar surface area (TPSA) is 91.2 Å². The predicted molar refractivity (Wildman–Crippen MR) is 95.7 cm³/mol. The first-order valence-electron chi connectivity index (χ1n) is 7.98. The Morgan fingerprint density at radius 2 is 2.04 bits per heavy atom. The van der Waals surface area contributed by atoms with Crippen molar-refractivity contribution in [3.63, 3.8) is 0 Å². The average molecular weight is 353 g/mol. The summed E-state index contributed by atoms with van der Waals surface area (Å²) in [6, 6.07) is 10.9. The fourth-order valence-corrected chi connectivity index (χ4v) is 2.44. The molecule has 0 fully saturated rings. The predicted octanol–water partition coefficient (Wildman–Crippen LogP) is 2.31.